The Bertz CT molecular complexity index is 295. The molecule has 2 aliphatic rings. The Labute approximate surface area is 131 Å². The molecule has 3 heteroatoms. The first-order chi connectivity index (χ1) is 10.2. The topological polar surface area (TPSA) is 24.5 Å². The van der Waals surface area contributed by atoms with Crippen LogP contribution in [0.5, 0.6) is 0 Å². The minimum atomic E-state index is 0.709. The molecule has 0 bridgehead atoms. The molecule has 0 aromatic carbocycles. The molecular formula is C18H36N2O. The highest BCUT2D eigenvalue weighted by molar-refractivity contribution is 4.94. The molecule has 1 saturated carbocycles. The van der Waals surface area contributed by atoms with Gasteiger partial charge in [0.05, 0.1) is 6.61 Å². The van der Waals surface area contributed by atoms with Gasteiger partial charge >= 0.3 is 0 Å². The SMILES string of the molecule is CCCNC1CCC(C(C)C)CC1N1CCC(COC)C1. The molecule has 0 aromatic heterocycles. The third kappa shape index (κ3) is 4.67. The van der Waals surface area contributed by atoms with Crippen molar-refractivity contribution < 1.29 is 4.74 Å². The Morgan fingerprint density at radius 3 is 2.71 bits per heavy atom. The van der Waals surface area contributed by atoms with Gasteiger partial charge in [0, 0.05) is 25.7 Å². The lowest BCUT2D eigenvalue weighted by Gasteiger charge is -2.43. The Morgan fingerprint density at radius 2 is 2.05 bits per heavy atom. The van der Waals surface area contributed by atoms with Crippen LogP contribution in [0, 0.1) is 17.8 Å². The molecule has 21 heavy (non-hydrogen) atoms. The van der Waals surface area contributed by atoms with Crippen LogP contribution in [0.2, 0.25) is 0 Å². The first-order valence-corrected chi connectivity index (χ1v) is 9.12. The molecule has 4 unspecified atom stereocenters. The predicted octanol–water partition coefficient (Wildman–Crippen LogP) is 3.15. The maximum Gasteiger partial charge on any atom is 0.0503 e. The second-order valence-corrected chi connectivity index (χ2v) is 7.55. The summed E-state index contributed by atoms with van der Waals surface area (Å²) in [6, 6.07) is 1.46. The molecule has 124 valence electrons. The number of ether oxygens (including phenoxy) is 1. The number of likely N-dealkylation sites (tertiary alicyclic amines) is 1. The van der Waals surface area contributed by atoms with E-state index in [1.165, 1.54) is 51.7 Å². The highest BCUT2D eigenvalue weighted by Gasteiger charge is 2.37. The molecule has 0 aromatic rings. The molecule has 0 amide bonds. The number of nitrogens with one attached hydrogen (secondary N) is 1. The van der Waals surface area contributed by atoms with Crippen molar-refractivity contribution in [1.29, 1.82) is 0 Å². The zero-order valence-electron chi connectivity index (χ0n) is 14.6. The maximum absolute atomic E-state index is 5.37. The number of nitrogens with zero attached hydrogens (tertiary/aromatic N) is 1. The average molecular weight is 296 g/mol. The van der Waals surface area contributed by atoms with Gasteiger partial charge in [-0.25, -0.2) is 0 Å². The summed E-state index contributed by atoms with van der Waals surface area (Å²) in [6.45, 7) is 11.7. The molecule has 0 spiro atoms. The molecular weight excluding hydrogens is 260 g/mol. The van der Waals surface area contributed by atoms with E-state index in [1.54, 1.807) is 0 Å². The summed E-state index contributed by atoms with van der Waals surface area (Å²) in [4.78, 5) is 2.77. The zero-order chi connectivity index (χ0) is 15.2. The standard InChI is InChI=1S/C18H36N2O/c1-5-9-19-17-7-6-16(14(2)3)11-18(17)20-10-8-15(12-20)13-21-4/h14-19H,5-13H2,1-4H3. The fraction of sp³-hybridized carbons (Fsp3) is 1.00. The smallest absolute Gasteiger partial charge is 0.0503 e. The van der Waals surface area contributed by atoms with E-state index in [4.69, 9.17) is 4.74 Å². The average Bonchev–Trinajstić information content (AvgIpc) is 2.93. The van der Waals surface area contributed by atoms with Gasteiger partial charge in [-0.2, -0.15) is 0 Å². The van der Waals surface area contributed by atoms with Crippen molar-refractivity contribution >= 4 is 0 Å². The first-order valence-electron chi connectivity index (χ1n) is 9.12. The third-order valence-corrected chi connectivity index (χ3v) is 5.65. The van der Waals surface area contributed by atoms with Crippen LogP contribution in [0.25, 0.3) is 0 Å². The Morgan fingerprint density at radius 1 is 1.24 bits per heavy atom. The number of hydrogen-bond donors (Lipinski definition) is 1. The van der Waals surface area contributed by atoms with Crippen molar-refractivity contribution in [1.82, 2.24) is 10.2 Å². The van der Waals surface area contributed by atoms with E-state index in [0.29, 0.717) is 6.04 Å². The fourth-order valence-electron chi connectivity index (χ4n) is 4.29. The lowest BCUT2D eigenvalue weighted by molar-refractivity contribution is 0.0907. The molecule has 1 N–H and O–H groups in total. The molecule has 3 nitrogen and oxygen atoms in total. The van der Waals surface area contributed by atoms with Gasteiger partial charge in [-0.3, -0.25) is 4.90 Å². The van der Waals surface area contributed by atoms with Gasteiger partial charge in [0.25, 0.3) is 0 Å². The van der Waals surface area contributed by atoms with Crippen molar-refractivity contribution in [3.63, 3.8) is 0 Å². The second-order valence-electron chi connectivity index (χ2n) is 7.55. The van der Waals surface area contributed by atoms with Crippen LogP contribution in [0.4, 0.5) is 0 Å². The highest BCUT2D eigenvalue weighted by Crippen LogP contribution is 2.35. The summed E-state index contributed by atoms with van der Waals surface area (Å²) in [5.74, 6) is 2.49. The fourth-order valence-corrected chi connectivity index (χ4v) is 4.29. The van der Waals surface area contributed by atoms with E-state index in [1.807, 2.05) is 7.11 Å². The molecule has 2 fully saturated rings. The van der Waals surface area contributed by atoms with Crippen molar-refractivity contribution in [3.05, 3.63) is 0 Å². The van der Waals surface area contributed by atoms with Gasteiger partial charge in [-0.15, -0.1) is 0 Å². The van der Waals surface area contributed by atoms with Crippen LogP contribution in [-0.2, 0) is 4.74 Å². The van der Waals surface area contributed by atoms with Crippen LogP contribution >= 0.6 is 0 Å². The van der Waals surface area contributed by atoms with E-state index in [0.717, 1.165) is 30.4 Å². The lowest BCUT2D eigenvalue weighted by Crippen LogP contribution is -2.53. The number of hydrogen-bond acceptors (Lipinski definition) is 3. The predicted molar refractivity (Wildman–Crippen MR) is 89.6 cm³/mol. The van der Waals surface area contributed by atoms with Crippen LogP contribution < -0.4 is 5.32 Å². The van der Waals surface area contributed by atoms with E-state index in [9.17, 15) is 0 Å². The van der Waals surface area contributed by atoms with Gasteiger partial charge < -0.3 is 10.1 Å². The van der Waals surface area contributed by atoms with E-state index in [2.05, 4.69) is 31.0 Å². The van der Waals surface area contributed by atoms with E-state index >= 15 is 0 Å². The summed E-state index contributed by atoms with van der Waals surface area (Å²) >= 11 is 0. The summed E-state index contributed by atoms with van der Waals surface area (Å²) < 4.78 is 5.37. The molecule has 2 rings (SSSR count). The zero-order valence-corrected chi connectivity index (χ0v) is 14.6. The molecule has 1 aliphatic heterocycles. The van der Waals surface area contributed by atoms with Crippen LogP contribution in [0.1, 0.15) is 52.9 Å². The summed E-state index contributed by atoms with van der Waals surface area (Å²) in [5, 5.41) is 3.83. The normalized spacial score (nSPS) is 34.7. The summed E-state index contributed by atoms with van der Waals surface area (Å²) in [5.41, 5.74) is 0. The summed E-state index contributed by atoms with van der Waals surface area (Å²) in [6.07, 6.45) is 6.71. The van der Waals surface area contributed by atoms with Gasteiger partial charge in [0.15, 0.2) is 0 Å². The Hall–Kier alpha value is -0.120. The minimum absolute atomic E-state index is 0.709. The quantitative estimate of drug-likeness (QED) is 0.781. The minimum Gasteiger partial charge on any atom is -0.384 e. The van der Waals surface area contributed by atoms with Gasteiger partial charge in [0.2, 0.25) is 0 Å². The monoisotopic (exact) mass is 296 g/mol. The maximum atomic E-state index is 5.37. The largest absolute Gasteiger partial charge is 0.384 e. The number of methoxy groups -OCH3 is 1. The summed E-state index contributed by atoms with van der Waals surface area (Å²) in [7, 11) is 1.84. The van der Waals surface area contributed by atoms with Crippen molar-refractivity contribution in [2.45, 2.75) is 65.0 Å². The molecule has 1 heterocycles. The van der Waals surface area contributed by atoms with Gasteiger partial charge in [0.1, 0.15) is 0 Å². The molecule has 1 saturated heterocycles. The van der Waals surface area contributed by atoms with Gasteiger partial charge in [-0.1, -0.05) is 20.8 Å². The van der Waals surface area contributed by atoms with Crippen LogP contribution in [-0.4, -0.2) is 50.3 Å². The Kier molecular flexibility index (Phi) is 6.97. The highest BCUT2D eigenvalue weighted by atomic mass is 16.5. The number of rotatable bonds is 7. The lowest BCUT2D eigenvalue weighted by atomic mass is 9.76. The second kappa shape index (κ2) is 8.50. The molecule has 0 radical (unpaired) electrons. The molecule has 1 aliphatic carbocycles. The molecule has 4 atom stereocenters. The Balaban J connectivity index is 1.96. The first kappa shape index (κ1) is 17.2. The van der Waals surface area contributed by atoms with Crippen LogP contribution in [0.3, 0.4) is 0 Å². The van der Waals surface area contributed by atoms with Gasteiger partial charge in [-0.05, 0) is 62.9 Å². The van der Waals surface area contributed by atoms with E-state index in [-0.39, 0.29) is 0 Å². The van der Waals surface area contributed by atoms with Crippen molar-refractivity contribution in [2.75, 3.05) is 33.4 Å². The van der Waals surface area contributed by atoms with Crippen molar-refractivity contribution in [3.8, 4) is 0 Å². The van der Waals surface area contributed by atoms with E-state index < -0.39 is 0 Å². The van der Waals surface area contributed by atoms with Crippen molar-refractivity contribution in [2.24, 2.45) is 17.8 Å². The third-order valence-electron chi connectivity index (χ3n) is 5.65. The van der Waals surface area contributed by atoms with Crippen LogP contribution in [0.15, 0.2) is 0 Å².